The highest BCUT2D eigenvalue weighted by Crippen LogP contribution is 2.57. The number of carbonyl (C=O) groups is 1. The molecule has 1 spiro atoms. The lowest BCUT2D eigenvalue weighted by Gasteiger charge is -2.20. The Morgan fingerprint density at radius 1 is 1.03 bits per heavy atom. The number of halogens is 1. The Hall–Kier alpha value is -3.16. The summed E-state index contributed by atoms with van der Waals surface area (Å²) in [5, 5.41) is 1.65. The van der Waals surface area contributed by atoms with Crippen LogP contribution in [0.2, 0.25) is 5.02 Å². The second-order valence-corrected chi connectivity index (χ2v) is 11.7. The van der Waals surface area contributed by atoms with Gasteiger partial charge in [-0.15, -0.1) is 0 Å². The van der Waals surface area contributed by atoms with E-state index < -0.39 is 9.84 Å². The van der Waals surface area contributed by atoms with Gasteiger partial charge in [-0.05, 0) is 66.4 Å². The summed E-state index contributed by atoms with van der Waals surface area (Å²) < 4.78 is 25.9. The van der Waals surface area contributed by atoms with Gasteiger partial charge in [0.25, 0.3) is 0 Å². The summed E-state index contributed by atoms with van der Waals surface area (Å²) >= 11 is 6.27. The summed E-state index contributed by atoms with van der Waals surface area (Å²) in [6.45, 7) is 0.963. The number of pyridine rings is 1. The van der Waals surface area contributed by atoms with E-state index in [4.69, 9.17) is 11.6 Å². The van der Waals surface area contributed by atoms with E-state index in [9.17, 15) is 13.2 Å². The predicted octanol–water partition coefficient (Wildman–Crippen LogP) is 4.72. The molecule has 172 valence electrons. The normalized spacial score (nSPS) is 16.4. The van der Waals surface area contributed by atoms with Gasteiger partial charge in [0.2, 0.25) is 5.91 Å². The molecular weight excluding hydrogens is 470 g/mol. The Bertz CT molecular complexity index is 1570. The van der Waals surface area contributed by atoms with E-state index in [0.29, 0.717) is 23.0 Å². The molecule has 2 aromatic carbocycles. The van der Waals surface area contributed by atoms with Crippen LogP contribution in [0.3, 0.4) is 0 Å². The van der Waals surface area contributed by atoms with Gasteiger partial charge in [-0.2, -0.15) is 0 Å². The summed E-state index contributed by atoms with van der Waals surface area (Å²) in [7, 11) is -3.26. The van der Waals surface area contributed by atoms with Gasteiger partial charge in [-0.25, -0.2) is 8.42 Å². The van der Waals surface area contributed by atoms with Crippen LogP contribution in [0.1, 0.15) is 29.7 Å². The number of hydrogen-bond acceptors (Lipinski definition) is 4. The molecule has 1 saturated carbocycles. The van der Waals surface area contributed by atoms with E-state index in [0.717, 1.165) is 46.3 Å². The molecule has 0 N–H and O–H groups in total. The Labute approximate surface area is 202 Å². The van der Waals surface area contributed by atoms with Crippen LogP contribution < -0.4 is 4.90 Å². The zero-order valence-corrected chi connectivity index (χ0v) is 20.1. The van der Waals surface area contributed by atoms with Crippen LogP contribution in [0.5, 0.6) is 0 Å². The number of rotatable bonds is 5. The molecule has 1 amide bonds. The fraction of sp³-hybridized carbons (Fsp3) is 0.231. The summed E-state index contributed by atoms with van der Waals surface area (Å²) in [4.78, 5) is 19.9. The van der Waals surface area contributed by atoms with Crippen molar-refractivity contribution in [2.75, 3.05) is 11.2 Å². The standard InChI is InChI=1S/C26H22ClN3O3S/c1-34(32,33)21-5-2-17(3-6-21)15-29-20(13-18-12-19(27)4-7-23(18)29)16-30-24-14-28-11-8-22(24)26(9-10-26)25(30)31/h2-8,11-14H,9-10,15-16H2,1H3. The minimum atomic E-state index is -3.26. The maximum atomic E-state index is 13.4. The third kappa shape index (κ3) is 3.34. The van der Waals surface area contributed by atoms with E-state index >= 15 is 0 Å². The Morgan fingerprint density at radius 3 is 2.50 bits per heavy atom. The number of sulfone groups is 1. The lowest BCUT2D eigenvalue weighted by atomic mass is 9.99. The van der Waals surface area contributed by atoms with Crippen molar-refractivity contribution in [3.63, 3.8) is 0 Å². The van der Waals surface area contributed by atoms with Crippen LogP contribution >= 0.6 is 11.6 Å². The summed E-state index contributed by atoms with van der Waals surface area (Å²) in [6.07, 6.45) is 6.51. The summed E-state index contributed by atoms with van der Waals surface area (Å²) in [5.41, 5.74) is 4.54. The molecule has 0 bridgehead atoms. The number of aromatic nitrogens is 2. The maximum absolute atomic E-state index is 13.4. The van der Waals surface area contributed by atoms with E-state index in [-0.39, 0.29) is 11.3 Å². The van der Waals surface area contributed by atoms with Gasteiger partial charge in [-0.3, -0.25) is 9.78 Å². The van der Waals surface area contributed by atoms with Crippen LogP contribution in [0.4, 0.5) is 5.69 Å². The highest BCUT2D eigenvalue weighted by molar-refractivity contribution is 7.90. The molecule has 2 aromatic heterocycles. The van der Waals surface area contributed by atoms with E-state index in [1.807, 2.05) is 41.3 Å². The minimum absolute atomic E-state index is 0.142. The lowest BCUT2D eigenvalue weighted by Crippen LogP contribution is -2.32. The molecule has 0 radical (unpaired) electrons. The fourth-order valence-corrected chi connectivity index (χ4v) is 5.87. The first-order valence-electron chi connectivity index (χ1n) is 11.1. The minimum Gasteiger partial charge on any atom is -0.338 e. The van der Waals surface area contributed by atoms with Crippen molar-refractivity contribution >= 4 is 43.9 Å². The molecule has 8 heteroatoms. The van der Waals surface area contributed by atoms with Gasteiger partial charge in [0.1, 0.15) is 0 Å². The number of benzene rings is 2. The number of carbonyl (C=O) groups excluding carboxylic acids is 1. The number of amides is 1. The first kappa shape index (κ1) is 21.4. The molecule has 1 aliphatic heterocycles. The lowest BCUT2D eigenvalue weighted by molar-refractivity contribution is -0.120. The Morgan fingerprint density at radius 2 is 1.79 bits per heavy atom. The summed E-state index contributed by atoms with van der Waals surface area (Å²) in [5.74, 6) is 0.142. The van der Waals surface area contributed by atoms with Crippen LogP contribution in [-0.4, -0.2) is 30.1 Å². The fourth-order valence-electron chi connectivity index (χ4n) is 5.06. The largest absolute Gasteiger partial charge is 0.338 e. The van der Waals surface area contributed by atoms with Crippen molar-refractivity contribution in [3.8, 4) is 0 Å². The van der Waals surface area contributed by atoms with E-state index in [2.05, 4.69) is 15.6 Å². The molecule has 1 fully saturated rings. The van der Waals surface area contributed by atoms with Gasteiger partial charge < -0.3 is 9.47 Å². The third-order valence-electron chi connectivity index (χ3n) is 6.97. The van der Waals surface area contributed by atoms with Crippen molar-refractivity contribution in [2.24, 2.45) is 0 Å². The highest BCUT2D eigenvalue weighted by Gasteiger charge is 2.59. The van der Waals surface area contributed by atoms with Crippen molar-refractivity contribution in [3.05, 3.63) is 88.8 Å². The van der Waals surface area contributed by atoms with Crippen LogP contribution in [-0.2, 0) is 33.1 Å². The van der Waals surface area contributed by atoms with Crippen molar-refractivity contribution in [1.82, 2.24) is 9.55 Å². The first-order chi connectivity index (χ1) is 16.3. The third-order valence-corrected chi connectivity index (χ3v) is 8.34. The quantitative estimate of drug-likeness (QED) is 0.405. The zero-order valence-electron chi connectivity index (χ0n) is 18.5. The molecule has 1 aliphatic carbocycles. The Kier molecular flexibility index (Phi) is 4.66. The van der Waals surface area contributed by atoms with Gasteiger partial charge in [0.05, 0.1) is 28.7 Å². The second kappa shape index (κ2) is 7.42. The monoisotopic (exact) mass is 491 g/mol. The molecule has 3 heterocycles. The number of hydrogen-bond donors (Lipinski definition) is 0. The predicted molar refractivity (Wildman–Crippen MR) is 132 cm³/mol. The Balaban J connectivity index is 1.41. The first-order valence-corrected chi connectivity index (χ1v) is 13.4. The van der Waals surface area contributed by atoms with Crippen molar-refractivity contribution < 1.29 is 13.2 Å². The summed E-state index contributed by atoms with van der Waals surface area (Å²) in [6, 6.07) is 16.7. The van der Waals surface area contributed by atoms with Gasteiger partial charge in [0, 0.05) is 40.6 Å². The second-order valence-electron chi connectivity index (χ2n) is 9.21. The van der Waals surface area contributed by atoms with E-state index in [1.54, 1.807) is 24.5 Å². The van der Waals surface area contributed by atoms with Gasteiger partial charge >= 0.3 is 0 Å². The van der Waals surface area contributed by atoms with Gasteiger partial charge in [-0.1, -0.05) is 23.7 Å². The molecule has 0 saturated heterocycles. The molecule has 34 heavy (non-hydrogen) atoms. The highest BCUT2D eigenvalue weighted by atomic mass is 35.5. The van der Waals surface area contributed by atoms with Crippen molar-refractivity contribution in [1.29, 1.82) is 0 Å². The van der Waals surface area contributed by atoms with Crippen LogP contribution in [0.25, 0.3) is 10.9 Å². The smallest absolute Gasteiger partial charge is 0.238 e. The maximum Gasteiger partial charge on any atom is 0.238 e. The molecular formula is C26H22ClN3O3S. The molecule has 6 nitrogen and oxygen atoms in total. The number of fused-ring (bicyclic) bond motifs is 3. The molecule has 0 atom stereocenters. The van der Waals surface area contributed by atoms with Crippen LogP contribution in [0, 0.1) is 0 Å². The molecule has 2 aliphatic rings. The van der Waals surface area contributed by atoms with Crippen molar-refractivity contribution in [2.45, 2.75) is 36.2 Å². The van der Waals surface area contributed by atoms with Gasteiger partial charge in [0.15, 0.2) is 9.84 Å². The zero-order chi connectivity index (χ0) is 23.7. The number of nitrogens with zero attached hydrogens (tertiary/aromatic N) is 3. The van der Waals surface area contributed by atoms with E-state index in [1.165, 1.54) is 6.26 Å². The SMILES string of the molecule is CS(=O)(=O)c1ccc(Cn2c(CN3C(=O)C4(CC4)c4ccncc43)cc3cc(Cl)ccc32)cc1. The van der Waals surface area contributed by atoms with Crippen LogP contribution in [0.15, 0.2) is 71.9 Å². The number of anilines is 1. The molecule has 0 unspecified atom stereocenters. The average molecular weight is 492 g/mol. The molecule has 6 rings (SSSR count). The topological polar surface area (TPSA) is 72.3 Å². The average Bonchev–Trinajstić information content (AvgIpc) is 3.51. The molecule has 4 aromatic rings.